The Morgan fingerprint density at radius 1 is 1.11 bits per heavy atom. The van der Waals surface area contributed by atoms with E-state index in [1.54, 1.807) is 11.3 Å². The standard InChI is InChI=1S/C21H26N2O3S/c24-20(26-16-18-5-2-1-3-6-18)23-12-13-25-17-21(23)8-10-22(11-9-21)15-19-7-4-14-27-19/h1-7,14H,8-13,15-17H2. The van der Waals surface area contributed by atoms with Crippen LogP contribution in [0.2, 0.25) is 0 Å². The highest BCUT2D eigenvalue weighted by molar-refractivity contribution is 7.09. The first-order chi connectivity index (χ1) is 13.3. The summed E-state index contributed by atoms with van der Waals surface area (Å²) in [6, 6.07) is 14.1. The van der Waals surface area contributed by atoms with Crippen molar-refractivity contribution < 1.29 is 14.3 Å². The minimum atomic E-state index is -0.224. The van der Waals surface area contributed by atoms with Crippen LogP contribution in [0.1, 0.15) is 23.3 Å². The first-order valence-corrected chi connectivity index (χ1v) is 10.4. The molecule has 27 heavy (non-hydrogen) atoms. The summed E-state index contributed by atoms with van der Waals surface area (Å²) < 4.78 is 11.4. The van der Waals surface area contributed by atoms with Crippen molar-refractivity contribution >= 4 is 17.4 Å². The molecule has 144 valence electrons. The molecule has 6 heteroatoms. The van der Waals surface area contributed by atoms with Crippen LogP contribution in [0.4, 0.5) is 4.79 Å². The number of thiophene rings is 1. The third-order valence-corrected chi connectivity index (χ3v) is 6.44. The van der Waals surface area contributed by atoms with Gasteiger partial charge in [-0.15, -0.1) is 11.3 Å². The zero-order valence-corrected chi connectivity index (χ0v) is 16.3. The average molecular weight is 387 g/mol. The Bertz CT molecular complexity index is 727. The Morgan fingerprint density at radius 3 is 2.67 bits per heavy atom. The van der Waals surface area contributed by atoms with Crippen molar-refractivity contribution in [2.45, 2.75) is 31.5 Å². The largest absolute Gasteiger partial charge is 0.445 e. The van der Waals surface area contributed by atoms with Crippen LogP contribution in [-0.2, 0) is 22.6 Å². The van der Waals surface area contributed by atoms with Crippen LogP contribution < -0.4 is 0 Å². The fraction of sp³-hybridized carbons (Fsp3) is 0.476. The van der Waals surface area contributed by atoms with Crippen LogP contribution in [-0.4, -0.2) is 54.3 Å². The molecule has 0 N–H and O–H groups in total. The molecule has 1 aromatic carbocycles. The molecule has 5 nitrogen and oxygen atoms in total. The third kappa shape index (κ3) is 4.34. The molecule has 0 atom stereocenters. The first-order valence-electron chi connectivity index (χ1n) is 9.56. The van der Waals surface area contributed by atoms with E-state index in [1.807, 2.05) is 35.2 Å². The molecule has 2 fully saturated rings. The van der Waals surface area contributed by atoms with E-state index in [0.717, 1.165) is 38.0 Å². The molecule has 0 bridgehead atoms. The Labute approximate surface area is 164 Å². The number of carbonyl (C=O) groups is 1. The molecule has 1 aromatic heterocycles. The number of hydrogen-bond acceptors (Lipinski definition) is 5. The van der Waals surface area contributed by atoms with Crippen LogP contribution in [0.15, 0.2) is 47.8 Å². The number of ether oxygens (including phenoxy) is 2. The molecule has 2 aliphatic heterocycles. The monoisotopic (exact) mass is 386 g/mol. The number of benzene rings is 1. The summed E-state index contributed by atoms with van der Waals surface area (Å²) in [6.07, 6.45) is 1.64. The van der Waals surface area contributed by atoms with E-state index in [0.29, 0.717) is 26.4 Å². The number of carbonyl (C=O) groups excluding carboxylic acids is 1. The number of piperidine rings is 1. The predicted molar refractivity (Wildman–Crippen MR) is 106 cm³/mol. The number of nitrogens with zero attached hydrogens (tertiary/aromatic N) is 2. The van der Waals surface area contributed by atoms with Gasteiger partial charge in [-0.25, -0.2) is 4.79 Å². The lowest BCUT2D eigenvalue weighted by Gasteiger charge is -2.50. The van der Waals surface area contributed by atoms with E-state index in [-0.39, 0.29) is 11.6 Å². The molecule has 2 aromatic rings. The van der Waals surface area contributed by atoms with E-state index in [2.05, 4.69) is 22.4 Å². The van der Waals surface area contributed by atoms with Crippen molar-refractivity contribution in [3.63, 3.8) is 0 Å². The molecule has 2 aliphatic rings. The normalized spacial score (nSPS) is 19.9. The van der Waals surface area contributed by atoms with Crippen molar-refractivity contribution in [3.8, 4) is 0 Å². The van der Waals surface area contributed by atoms with Crippen LogP contribution in [0, 0.1) is 0 Å². The molecule has 4 rings (SSSR count). The lowest BCUT2D eigenvalue weighted by molar-refractivity contribution is -0.0871. The average Bonchev–Trinajstić information content (AvgIpc) is 3.22. The van der Waals surface area contributed by atoms with Gasteiger partial charge in [-0.05, 0) is 29.9 Å². The van der Waals surface area contributed by atoms with Gasteiger partial charge in [0.05, 0.1) is 18.8 Å². The topological polar surface area (TPSA) is 42.0 Å². The SMILES string of the molecule is O=C(OCc1ccccc1)N1CCOCC12CCN(Cc1cccs1)CC2. The predicted octanol–water partition coefficient (Wildman–Crippen LogP) is 3.75. The molecule has 0 radical (unpaired) electrons. The van der Waals surface area contributed by atoms with Gasteiger partial charge in [0.25, 0.3) is 0 Å². The van der Waals surface area contributed by atoms with Crippen molar-refractivity contribution in [1.29, 1.82) is 0 Å². The van der Waals surface area contributed by atoms with Crippen LogP contribution in [0.3, 0.4) is 0 Å². The summed E-state index contributed by atoms with van der Waals surface area (Å²) in [4.78, 5) is 18.6. The summed E-state index contributed by atoms with van der Waals surface area (Å²) in [5.41, 5.74) is 0.789. The molecule has 1 spiro atoms. The summed E-state index contributed by atoms with van der Waals surface area (Å²) in [7, 11) is 0. The van der Waals surface area contributed by atoms with Gasteiger partial charge in [-0.3, -0.25) is 9.80 Å². The van der Waals surface area contributed by atoms with Crippen molar-refractivity contribution in [3.05, 3.63) is 58.3 Å². The Kier molecular flexibility index (Phi) is 5.76. The lowest BCUT2D eigenvalue weighted by atomic mass is 9.85. The molecule has 0 aliphatic carbocycles. The second kappa shape index (κ2) is 8.42. The highest BCUT2D eigenvalue weighted by Gasteiger charge is 2.45. The Morgan fingerprint density at radius 2 is 1.93 bits per heavy atom. The molecule has 0 saturated carbocycles. The van der Waals surface area contributed by atoms with Crippen molar-refractivity contribution in [2.75, 3.05) is 32.8 Å². The van der Waals surface area contributed by atoms with Gasteiger partial charge in [0.2, 0.25) is 0 Å². The Hall–Kier alpha value is -1.89. The van der Waals surface area contributed by atoms with Crippen molar-refractivity contribution in [2.24, 2.45) is 0 Å². The summed E-state index contributed by atoms with van der Waals surface area (Å²) in [6.45, 7) is 5.07. The van der Waals surface area contributed by atoms with Crippen LogP contribution in [0.5, 0.6) is 0 Å². The van der Waals surface area contributed by atoms with E-state index in [1.165, 1.54) is 4.88 Å². The molecular formula is C21H26N2O3S. The van der Waals surface area contributed by atoms with Gasteiger partial charge < -0.3 is 9.47 Å². The highest BCUT2D eigenvalue weighted by Crippen LogP contribution is 2.33. The fourth-order valence-corrected chi connectivity index (χ4v) is 4.73. The second-order valence-electron chi connectivity index (χ2n) is 7.32. The lowest BCUT2D eigenvalue weighted by Crippen LogP contribution is -2.63. The number of morpholine rings is 1. The quantitative estimate of drug-likeness (QED) is 0.803. The van der Waals surface area contributed by atoms with E-state index in [4.69, 9.17) is 9.47 Å². The second-order valence-corrected chi connectivity index (χ2v) is 8.36. The van der Waals surface area contributed by atoms with Crippen molar-refractivity contribution in [1.82, 2.24) is 9.80 Å². The van der Waals surface area contributed by atoms with Gasteiger partial charge >= 0.3 is 6.09 Å². The van der Waals surface area contributed by atoms with Gasteiger partial charge in [-0.1, -0.05) is 36.4 Å². The van der Waals surface area contributed by atoms with Crippen LogP contribution in [0.25, 0.3) is 0 Å². The number of likely N-dealkylation sites (tertiary alicyclic amines) is 1. The molecule has 2 saturated heterocycles. The fourth-order valence-electron chi connectivity index (χ4n) is 3.98. The highest BCUT2D eigenvalue weighted by atomic mass is 32.1. The minimum absolute atomic E-state index is 0.214. The Balaban J connectivity index is 1.36. The number of amides is 1. The number of hydrogen-bond donors (Lipinski definition) is 0. The maximum absolute atomic E-state index is 12.8. The van der Waals surface area contributed by atoms with Gasteiger partial charge in [0, 0.05) is 31.1 Å². The van der Waals surface area contributed by atoms with Gasteiger partial charge in [-0.2, -0.15) is 0 Å². The van der Waals surface area contributed by atoms with Gasteiger partial charge in [0.1, 0.15) is 6.61 Å². The number of rotatable bonds is 4. The van der Waals surface area contributed by atoms with E-state index < -0.39 is 0 Å². The third-order valence-electron chi connectivity index (χ3n) is 5.57. The summed E-state index contributed by atoms with van der Waals surface area (Å²) in [5, 5.41) is 2.13. The molecular weight excluding hydrogens is 360 g/mol. The zero-order valence-electron chi connectivity index (χ0n) is 15.5. The van der Waals surface area contributed by atoms with Crippen LogP contribution >= 0.6 is 11.3 Å². The molecule has 0 unspecified atom stereocenters. The van der Waals surface area contributed by atoms with E-state index in [9.17, 15) is 4.79 Å². The molecule has 1 amide bonds. The maximum atomic E-state index is 12.8. The smallest absolute Gasteiger partial charge is 0.410 e. The van der Waals surface area contributed by atoms with Gasteiger partial charge in [0.15, 0.2) is 0 Å². The molecule has 3 heterocycles. The minimum Gasteiger partial charge on any atom is -0.445 e. The maximum Gasteiger partial charge on any atom is 0.410 e. The summed E-state index contributed by atoms with van der Waals surface area (Å²) >= 11 is 1.80. The van der Waals surface area contributed by atoms with E-state index >= 15 is 0 Å². The summed E-state index contributed by atoms with van der Waals surface area (Å²) in [5.74, 6) is 0. The first kappa shape index (κ1) is 18.5. The zero-order chi connectivity index (χ0) is 18.5.